The van der Waals surface area contributed by atoms with Crippen LogP contribution in [-0.4, -0.2) is 19.9 Å². The molecule has 3 N–H and O–H groups in total. The number of benzene rings is 1. The largest absolute Gasteiger partial charge is 0.399 e. The minimum Gasteiger partial charge on any atom is -0.399 e. The van der Waals surface area contributed by atoms with Crippen molar-refractivity contribution < 1.29 is 4.21 Å². The van der Waals surface area contributed by atoms with Crippen LogP contribution in [0.3, 0.4) is 0 Å². The van der Waals surface area contributed by atoms with E-state index in [-0.39, 0.29) is 0 Å². The van der Waals surface area contributed by atoms with Crippen LogP contribution in [0, 0.1) is 0 Å². The molecule has 1 aromatic carbocycles. The molecule has 3 rings (SSSR count). The monoisotopic (exact) mass is 291 g/mol. The van der Waals surface area contributed by atoms with Crippen molar-refractivity contribution in [2.75, 3.05) is 11.5 Å². The van der Waals surface area contributed by atoms with Crippen molar-refractivity contribution in [3.63, 3.8) is 0 Å². The minimum absolute atomic E-state index is 0.525. The lowest BCUT2D eigenvalue weighted by Gasteiger charge is -1.96. The van der Waals surface area contributed by atoms with E-state index in [1.165, 1.54) is 4.88 Å². The van der Waals surface area contributed by atoms with Gasteiger partial charge in [0.1, 0.15) is 0 Å². The third-order valence-corrected chi connectivity index (χ3v) is 4.95. The van der Waals surface area contributed by atoms with Crippen molar-refractivity contribution in [1.82, 2.24) is 9.97 Å². The van der Waals surface area contributed by atoms with E-state index in [0.717, 1.165) is 17.5 Å². The van der Waals surface area contributed by atoms with Gasteiger partial charge in [0.15, 0.2) is 5.16 Å². The Labute approximate surface area is 117 Å². The molecule has 0 bridgehead atoms. The first-order valence-electron chi connectivity index (χ1n) is 5.88. The van der Waals surface area contributed by atoms with E-state index in [1.54, 1.807) is 17.4 Å². The lowest BCUT2D eigenvalue weighted by Crippen LogP contribution is -2.02. The van der Waals surface area contributed by atoms with Crippen LogP contribution in [0.1, 0.15) is 4.88 Å². The number of nitrogens with two attached hydrogens (primary N) is 1. The summed E-state index contributed by atoms with van der Waals surface area (Å²) in [6.45, 7) is 0. The summed E-state index contributed by atoms with van der Waals surface area (Å²) in [5.74, 6) is 0.579. The maximum absolute atomic E-state index is 12.2. The number of aromatic nitrogens is 2. The number of aryl methyl sites for hydroxylation is 1. The van der Waals surface area contributed by atoms with Crippen LogP contribution in [-0.2, 0) is 17.2 Å². The fourth-order valence-electron chi connectivity index (χ4n) is 1.86. The van der Waals surface area contributed by atoms with Gasteiger partial charge in [-0.1, -0.05) is 6.07 Å². The number of fused-ring (bicyclic) bond motifs is 1. The summed E-state index contributed by atoms with van der Waals surface area (Å²) in [7, 11) is -1.11. The number of nitrogen functional groups attached to an aromatic ring is 1. The number of nitrogens with zero attached hydrogens (tertiary/aromatic N) is 1. The Bertz CT molecular complexity index is 719. The quantitative estimate of drug-likeness (QED) is 0.726. The van der Waals surface area contributed by atoms with Gasteiger partial charge in [-0.25, -0.2) is 4.98 Å². The Morgan fingerprint density at radius 1 is 1.37 bits per heavy atom. The molecule has 0 spiro atoms. The molecule has 0 saturated heterocycles. The zero-order valence-electron chi connectivity index (χ0n) is 10.1. The van der Waals surface area contributed by atoms with Gasteiger partial charge in [0.2, 0.25) is 0 Å². The van der Waals surface area contributed by atoms with Crippen molar-refractivity contribution in [1.29, 1.82) is 0 Å². The highest BCUT2D eigenvalue weighted by Gasteiger charge is 2.10. The van der Waals surface area contributed by atoms with Crippen LogP contribution in [0.4, 0.5) is 5.69 Å². The Hall–Kier alpha value is -1.66. The van der Waals surface area contributed by atoms with Crippen LogP contribution >= 0.6 is 11.3 Å². The summed E-state index contributed by atoms with van der Waals surface area (Å²) >= 11 is 1.69. The van der Waals surface area contributed by atoms with E-state index in [9.17, 15) is 4.21 Å². The van der Waals surface area contributed by atoms with Gasteiger partial charge in [-0.2, -0.15) is 0 Å². The number of H-pyrrole nitrogens is 1. The van der Waals surface area contributed by atoms with Crippen molar-refractivity contribution in [2.24, 2.45) is 0 Å². The molecule has 0 radical (unpaired) electrons. The summed E-state index contributed by atoms with van der Waals surface area (Å²) < 4.78 is 12.2. The molecule has 3 aromatic rings. The average Bonchev–Trinajstić information content (AvgIpc) is 3.04. The van der Waals surface area contributed by atoms with Crippen LogP contribution in [0.15, 0.2) is 40.9 Å². The Balaban J connectivity index is 1.77. The van der Waals surface area contributed by atoms with Crippen LogP contribution in [0.5, 0.6) is 0 Å². The fourth-order valence-corrected chi connectivity index (χ4v) is 3.72. The molecule has 19 heavy (non-hydrogen) atoms. The molecule has 98 valence electrons. The molecule has 0 saturated carbocycles. The normalized spacial score (nSPS) is 12.8. The number of thiophene rings is 1. The fraction of sp³-hybridized carbons (Fsp3) is 0.154. The molecule has 0 fully saturated rings. The molecule has 0 aliphatic rings. The van der Waals surface area contributed by atoms with Gasteiger partial charge >= 0.3 is 0 Å². The van der Waals surface area contributed by atoms with Gasteiger partial charge < -0.3 is 10.7 Å². The average molecular weight is 291 g/mol. The third kappa shape index (κ3) is 2.69. The van der Waals surface area contributed by atoms with Crippen molar-refractivity contribution >= 4 is 38.9 Å². The number of aromatic amines is 1. The predicted octanol–water partition coefficient (Wildman–Crippen LogP) is 2.56. The highest BCUT2D eigenvalue weighted by Crippen LogP contribution is 2.17. The van der Waals surface area contributed by atoms with Crippen molar-refractivity contribution in [3.05, 3.63) is 40.6 Å². The lowest BCUT2D eigenvalue weighted by atomic mass is 10.3. The minimum atomic E-state index is -1.11. The van der Waals surface area contributed by atoms with E-state index in [1.807, 2.05) is 23.6 Å². The first-order chi connectivity index (χ1) is 9.22. The summed E-state index contributed by atoms with van der Waals surface area (Å²) in [4.78, 5) is 8.67. The van der Waals surface area contributed by atoms with Crippen LogP contribution in [0.25, 0.3) is 11.0 Å². The van der Waals surface area contributed by atoms with Gasteiger partial charge in [0.05, 0.1) is 21.8 Å². The Morgan fingerprint density at radius 2 is 2.26 bits per heavy atom. The molecule has 2 aromatic heterocycles. The molecule has 0 aliphatic heterocycles. The number of anilines is 1. The second-order valence-corrected chi connectivity index (χ2v) is 6.72. The molecule has 6 heteroatoms. The summed E-state index contributed by atoms with van der Waals surface area (Å²) in [5, 5.41) is 2.56. The Kier molecular flexibility index (Phi) is 3.35. The first-order valence-corrected chi connectivity index (χ1v) is 8.08. The standard InChI is InChI=1S/C13H13N3OS2/c14-9-3-4-11-12(8-9)16-13(15-11)19(17)7-5-10-2-1-6-18-10/h1-4,6,8H,5,7,14H2,(H,15,16). The molecule has 0 amide bonds. The van der Waals surface area contributed by atoms with E-state index in [2.05, 4.69) is 16.0 Å². The second-order valence-electron chi connectivity index (χ2n) is 4.20. The van der Waals surface area contributed by atoms with E-state index < -0.39 is 10.8 Å². The predicted molar refractivity (Wildman–Crippen MR) is 79.8 cm³/mol. The van der Waals surface area contributed by atoms with Crippen LogP contribution in [0.2, 0.25) is 0 Å². The number of hydrogen-bond donors (Lipinski definition) is 2. The first kappa shape index (κ1) is 12.4. The highest BCUT2D eigenvalue weighted by atomic mass is 32.2. The third-order valence-electron chi connectivity index (χ3n) is 2.81. The van der Waals surface area contributed by atoms with Gasteiger partial charge in [-0.05, 0) is 36.1 Å². The maximum Gasteiger partial charge on any atom is 0.197 e. The highest BCUT2D eigenvalue weighted by molar-refractivity contribution is 7.84. The summed E-state index contributed by atoms with van der Waals surface area (Å²) in [6, 6.07) is 9.50. The number of hydrogen-bond acceptors (Lipinski definition) is 4. The number of rotatable bonds is 4. The van der Waals surface area contributed by atoms with E-state index in [0.29, 0.717) is 16.6 Å². The zero-order valence-corrected chi connectivity index (χ0v) is 11.8. The van der Waals surface area contributed by atoms with Crippen LogP contribution < -0.4 is 5.73 Å². The number of imidazole rings is 1. The zero-order chi connectivity index (χ0) is 13.2. The van der Waals surface area contributed by atoms with Crippen molar-refractivity contribution in [2.45, 2.75) is 11.6 Å². The molecule has 2 heterocycles. The second kappa shape index (κ2) is 5.14. The molecule has 0 aliphatic carbocycles. The maximum atomic E-state index is 12.2. The molecular weight excluding hydrogens is 278 g/mol. The molecule has 4 nitrogen and oxygen atoms in total. The van der Waals surface area contributed by atoms with Crippen molar-refractivity contribution in [3.8, 4) is 0 Å². The van der Waals surface area contributed by atoms with Gasteiger partial charge in [-0.3, -0.25) is 4.21 Å². The molecular formula is C13H13N3OS2. The SMILES string of the molecule is Nc1ccc2nc(S(=O)CCc3cccs3)[nH]c2c1. The molecule has 1 unspecified atom stereocenters. The lowest BCUT2D eigenvalue weighted by molar-refractivity contribution is 0.677. The van der Waals surface area contributed by atoms with E-state index in [4.69, 9.17) is 5.73 Å². The molecule has 1 atom stereocenters. The van der Waals surface area contributed by atoms with Gasteiger partial charge in [0, 0.05) is 16.3 Å². The Morgan fingerprint density at radius 3 is 3.05 bits per heavy atom. The topological polar surface area (TPSA) is 71.8 Å². The smallest absolute Gasteiger partial charge is 0.197 e. The van der Waals surface area contributed by atoms with Gasteiger partial charge in [-0.15, -0.1) is 11.3 Å². The summed E-state index contributed by atoms with van der Waals surface area (Å²) in [6.07, 6.45) is 0.809. The number of nitrogens with one attached hydrogen (secondary N) is 1. The summed E-state index contributed by atoms with van der Waals surface area (Å²) in [5.41, 5.74) is 8.02. The van der Waals surface area contributed by atoms with Gasteiger partial charge in [0.25, 0.3) is 0 Å². The van der Waals surface area contributed by atoms with E-state index >= 15 is 0 Å².